The quantitative estimate of drug-likeness (QED) is 0.827. The van der Waals surface area contributed by atoms with Gasteiger partial charge in [-0.3, -0.25) is 5.10 Å². The van der Waals surface area contributed by atoms with Gasteiger partial charge in [-0.05, 0) is 40.9 Å². The van der Waals surface area contributed by atoms with Crippen LogP contribution in [0.5, 0.6) is 0 Å². The number of aromatic amines is 1. The van der Waals surface area contributed by atoms with Crippen LogP contribution in [0.1, 0.15) is 24.6 Å². The Hall–Kier alpha value is -0.960. The average molecular weight is 315 g/mol. The predicted octanol–water partition coefficient (Wildman–Crippen LogP) is 0.152. The molecule has 0 bridgehead atoms. The lowest BCUT2D eigenvalue weighted by Crippen LogP contribution is -2.42. The molecule has 21 heavy (non-hydrogen) atoms. The number of rotatable bonds is 4. The summed E-state index contributed by atoms with van der Waals surface area (Å²) in [6, 6.07) is -0.0538. The maximum absolute atomic E-state index is 13.0. The van der Waals surface area contributed by atoms with Crippen LogP contribution in [0.25, 0.3) is 0 Å². The Kier molecular flexibility index (Phi) is 5.03. The van der Waals surface area contributed by atoms with E-state index >= 15 is 0 Å². The topological polar surface area (TPSA) is 81.3 Å². The maximum atomic E-state index is 13.0. The Morgan fingerprint density at radius 3 is 2.81 bits per heavy atom. The van der Waals surface area contributed by atoms with Crippen LogP contribution in [0.2, 0.25) is 0 Å². The standard InChI is InChI=1S/C13H25N5O2S/c1-10-9-17(4)6-5-7-18(10)21(19,20)13-12(8-14-3)11(2)15-16-13/h10,14H,5-9H2,1-4H3,(H,15,16). The fraction of sp³-hybridized carbons (Fsp3) is 0.769. The third-order valence-corrected chi connectivity index (χ3v) is 5.91. The van der Waals surface area contributed by atoms with Crippen LogP contribution >= 0.6 is 0 Å². The van der Waals surface area contributed by atoms with Gasteiger partial charge in [-0.2, -0.15) is 9.40 Å². The zero-order valence-electron chi connectivity index (χ0n) is 13.2. The molecule has 1 atom stereocenters. The van der Waals surface area contributed by atoms with Crippen molar-refractivity contribution in [2.75, 3.05) is 33.7 Å². The molecule has 0 amide bonds. The SMILES string of the molecule is CNCc1c(S(=O)(=O)N2CCCN(C)CC2C)n[nH]c1C. The van der Waals surface area contributed by atoms with Gasteiger partial charge in [-0.1, -0.05) is 0 Å². The number of nitrogens with zero attached hydrogens (tertiary/aromatic N) is 3. The number of nitrogens with one attached hydrogen (secondary N) is 2. The van der Waals surface area contributed by atoms with E-state index in [0.29, 0.717) is 13.1 Å². The van der Waals surface area contributed by atoms with Gasteiger partial charge >= 0.3 is 0 Å². The van der Waals surface area contributed by atoms with Crippen molar-refractivity contribution in [2.24, 2.45) is 0 Å². The highest BCUT2D eigenvalue weighted by atomic mass is 32.2. The van der Waals surface area contributed by atoms with Crippen LogP contribution in [0.3, 0.4) is 0 Å². The average Bonchev–Trinajstić information content (AvgIpc) is 2.67. The van der Waals surface area contributed by atoms with E-state index in [2.05, 4.69) is 20.4 Å². The van der Waals surface area contributed by atoms with Crippen molar-refractivity contribution < 1.29 is 8.42 Å². The second-order valence-electron chi connectivity index (χ2n) is 5.74. The van der Waals surface area contributed by atoms with Crippen molar-refractivity contribution in [1.82, 2.24) is 24.7 Å². The lowest BCUT2D eigenvalue weighted by molar-refractivity contribution is 0.290. The van der Waals surface area contributed by atoms with Gasteiger partial charge in [0.15, 0.2) is 5.03 Å². The highest BCUT2D eigenvalue weighted by Crippen LogP contribution is 2.23. The van der Waals surface area contributed by atoms with Crippen molar-refractivity contribution in [2.45, 2.75) is 37.9 Å². The number of aryl methyl sites for hydroxylation is 1. The van der Waals surface area contributed by atoms with Crippen LogP contribution in [0, 0.1) is 6.92 Å². The Morgan fingerprint density at radius 2 is 2.14 bits per heavy atom. The molecule has 1 unspecified atom stereocenters. The van der Waals surface area contributed by atoms with Gasteiger partial charge in [0, 0.05) is 36.9 Å². The van der Waals surface area contributed by atoms with Crippen molar-refractivity contribution in [3.63, 3.8) is 0 Å². The summed E-state index contributed by atoms with van der Waals surface area (Å²) in [6.45, 7) is 6.48. The fourth-order valence-electron chi connectivity index (χ4n) is 2.85. The molecular formula is C13H25N5O2S. The molecule has 2 rings (SSSR count). The van der Waals surface area contributed by atoms with Crippen LogP contribution in [0.4, 0.5) is 0 Å². The molecule has 1 saturated heterocycles. The molecule has 120 valence electrons. The summed E-state index contributed by atoms with van der Waals surface area (Å²) >= 11 is 0. The van der Waals surface area contributed by atoms with Gasteiger partial charge < -0.3 is 10.2 Å². The van der Waals surface area contributed by atoms with Gasteiger partial charge in [0.25, 0.3) is 10.0 Å². The molecule has 0 radical (unpaired) electrons. The highest BCUT2D eigenvalue weighted by Gasteiger charge is 2.34. The summed E-state index contributed by atoms with van der Waals surface area (Å²) in [5.41, 5.74) is 1.52. The highest BCUT2D eigenvalue weighted by molar-refractivity contribution is 7.89. The molecule has 2 heterocycles. The summed E-state index contributed by atoms with van der Waals surface area (Å²) in [7, 11) is 0.258. The third kappa shape index (κ3) is 3.28. The third-order valence-electron chi connectivity index (χ3n) is 3.93. The molecule has 8 heteroatoms. The van der Waals surface area contributed by atoms with Gasteiger partial charge in [0.2, 0.25) is 0 Å². The molecule has 2 N–H and O–H groups in total. The van der Waals surface area contributed by atoms with E-state index in [4.69, 9.17) is 0 Å². The molecule has 1 aromatic rings. The first-order valence-corrected chi connectivity index (χ1v) is 8.70. The first kappa shape index (κ1) is 16.4. The summed E-state index contributed by atoms with van der Waals surface area (Å²) in [6.07, 6.45) is 0.838. The van der Waals surface area contributed by atoms with Crippen molar-refractivity contribution in [3.8, 4) is 0 Å². The van der Waals surface area contributed by atoms with Crippen molar-refractivity contribution >= 4 is 10.0 Å². The van der Waals surface area contributed by atoms with E-state index in [1.54, 1.807) is 11.4 Å². The van der Waals surface area contributed by atoms with E-state index in [1.807, 2.05) is 20.9 Å². The molecule has 0 aliphatic carbocycles. The van der Waals surface area contributed by atoms with E-state index in [0.717, 1.165) is 30.8 Å². The lowest BCUT2D eigenvalue weighted by atomic mass is 10.3. The predicted molar refractivity (Wildman–Crippen MR) is 81.6 cm³/mol. The minimum absolute atomic E-state index is 0.0538. The van der Waals surface area contributed by atoms with Gasteiger partial charge in [-0.25, -0.2) is 8.42 Å². The molecule has 0 aromatic carbocycles. The molecule has 1 fully saturated rings. The summed E-state index contributed by atoms with van der Waals surface area (Å²) in [4.78, 5) is 2.17. The number of hydrogen-bond donors (Lipinski definition) is 2. The number of H-pyrrole nitrogens is 1. The molecule has 0 saturated carbocycles. The Bertz CT molecular complexity index is 583. The number of likely N-dealkylation sites (N-methyl/N-ethyl adjacent to an activating group) is 1. The molecule has 1 aromatic heterocycles. The largest absolute Gasteiger partial charge is 0.316 e. The number of aromatic nitrogens is 2. The summed E-state index contributed by atoms with van der Waals surface area (Å²) < 4.78 is 27.5. The zero-order chi connectivity index (χ0) is 15.6. The fourth-order valence-corrected chi connectivity index (χ4v) is 4.68. The molecule has 0 spiro atoms. The van der Waals surface area contributed by atoms with Gasteiger partial charge in [0.1, 0.15) is 0 Å². The van der Waals surface area contributed by atoms with Crippen LogP contribution in [0.15, 0.2) is 5.03 Å². The summed E-state index contributed by atoms with van der Waals surface area (Å²) in [5, 5.41) is 10.0. The normalized spacial score (nSPS) is 22.4. The summed E-state index contributed by atoms with van der Waals surface area (Å²) in [5.74, 6) is 0. The Balaban J connectivity index is 2.37. The Labute approximate surface area is 126 Å². The second kappa shape index (κ2) is 6.43. The van der Waals surface area contributed by atoms with E-state index in [-0.39, 0.29) is 11.1 Å². The van der Waals surface area contributed by atoms with E-state index in [1.165, 1.54) is 0 Å². The first-order chi connectivity index (χ1) is 9.87. The first-order valence-electron chi connectivity index (χ1n) is 7.26. The van der Waals surface area contributed by atoms with Crippen molar-refractivity contribution in [3.05, 3.63) is 11.3 Å². The maximum Gasteiger partial charge on any atom is 0.263 e. The van der Waals surface area contributed by atoms with Crippen LogP contribution < -0.4 is 5.32 Å². The second-order valence-corrected chi connectivity index (χ2v) is 7.55. The monoisotopic (exact) mass is 315 g/mol. The minimum Gasteiger partial charge on any atom is -0.316 e. The lowest BCUT2D eigenvalue weighted by Gasteiger charge is -2.26. The smallest absolute Gasteiger partial charge is 0.263 e. The minimum atomic E-state index is -3.57. The molecule has 1 aliphatic rings. The van der Waals surface area contributed by atoms with Crippen LogP contribution in [-0.2, 0) is 16.6 Å². The van der Waals surface area contributed by atoms with Crippen LogP contribution in [-0.4, -0.2) is 67.6 Å². The zero-order valence-corrected chi connectivity index (χ0v) is 14.0. The Morgan fingerprint density at radius 1 is 1.43 bits per heavy atom. The molecular weight excluding hydrogens is 290 g/mol. The molecule has 1 aliphatic heterocycles. The number of sulfonamides is 1. The van der Waals surface area contributed by atoms with E-state index < -0.39 is 10.0 Å². The van der Waals surface area contributed by atoms with Crippen molar-refractivity contribution in [1.29, 1.82) is 0 Å². The number of hydrogen-bond acceptors (Lipinski definition) is 5. The van der Waals surface area contributed by atoms with Gasteiger partial charge in [0.05, 0.1) is 0 Å². The van der Waals surface area contributed by atoms with E-state index in [9.17, 15) is 8.42 Å². The van der Waals surface area contributed by atoms with Gasteiger partial charge in [-0.15, -0.1) is 0 Å². The molecule has 7 nitrogen and oxygen atoms in total.